The van der Waals surface area contributed by atoms with Gasteiger partial charge in [-0.2, -0.15) is 15.4 Å². The first kappa shape index (κ1) is 12.6. The fraction of sp³-hybridized carbons (Fsp3) is 0.583. The topological polar surface area (TPSA) is 53.9 Å². The minimum absolute atomic E-state index is 0.480. The number of rotatable bonds is 2. The summed E-state index contributed by atoms with van der Waals surface area (Å²) in [6, 6.07) is 0. The number of aromatic amines is 1. The molecule has 0 unspecified atom stereocenters. The molecule has 0 atom stereocenters. The van der Waals surface area contributed by atoms with Gasteiger partial charge in [0.1, 0.15) is 0 Å². The molecule has 2 heterocycles. The molecule has 0 radical (unpaired) electrons. The van der Waals surface area contributed by atoms with Crippen LogP contribution < -0.4 is 0 Å². The van der Waals surface area contributed by atoms with Crippen molar-refractivity contribution >= 4 is 6.21 Å². The van der Waals surface area contributed by atoms with Crippen molar-refractivity contribution in [2.75, 3.05) is 0 Å². The molecule has 0 bridgehead atoms. The van der Waals surface area contributed by atoms with Crippen LogP contribution in [-0.4, -0.2) is 21.6 Å². The fourth-order valence-corrected chi connectivity index (χ4v) is 1.23. The highest BCUT2D eigenvalue weighted by Gasteiger charge is 2.03. The number of nitrogens with one attached hydrogen (secondary N) is 1. The Morgan fingerprint density at radius 2 is 1.94 bits per heavy atom. The van der Waals surface area contributed by atoms with Crippen LogP contribution in [-0.2, 0) is 0 Å². The smallest absolute Gasteiger partial charge is 0.0850 e. The van der Waals surface area contributed by atoms with Gasteiger partial charge in [0.05, 0.1) is 11.9 Å². The summed E-state index contributed by atoms with van der Waals surface area (Å²) >= 11 is 0. The Hall–Kier alpha value is -1.45. The van der Waals surface area contributed by atoms with Gasteiger partial charge in [-0.1, -0.05) is 27.7 Å². The van der Waals surface area contributed by atoms with Crippen LogP contribution in [0.25, 0.3) is 0 Å². The van der Waals surface area contributed by atoms with Crippen molar-refractivity contribution in [1.82, 2.24) is 15.4 Å². The van der Waals surface area contributed by atoms with Gasteiger partial charge in [-0.15, -0.1) is 0 Å². The largest absolute Gasteiger partial charge is 0.269 e. The summed E-state index contributed by atoms with van der Waals surface area (Å²) in [5.74, 6) is 1.16. The SMILES string of the molecule is CC(C)C1=CN=CC1.CC(C)c1cn[nH]n1. The number of aromatic nitrogens is 3. The number of allylic oxidation sites excluding steroid dienone is 1. The van der Waals surface area contributed by atoms with E-state index in [1.54, 1.807) is 6.20 Å². The summed E-state index contributed by atoms with van der Waals surface area (Å²) in [4.78, 5) is 4.00. The molecular formula is C12H20N4. The van der Waals surface area contributed by atoms with Crippen LogP contribution in [0.3, 0.4) is 0 Å². The second-order valence-electron chi connectivity index (χ2n) is 4.44. The molecule has 1 aromatic rings. The van der Waals surface area contributed by atoms with Gasteiger partial charge in [-0.05, 0) is 17.4 Å². The molecule has 0 spiro atoms. The van der Waals surface area contributed by atoms with E-state index in [4.69, 9.17) is 0 Å². The Bertz CT molecular complexity index is 347. The predicted molar refractivity (Wildman–Crippen MR) is 66.5 cm³/mol. The molecule has 1 aliphatic heterocycles. The summed E-state index contributed by atoms with van der Waals surface area (Å²) in [7, 11) is 0. The lowest BCUT2D eigenvalue weighted by Crippen LogP contribution is -1.89. The fourth-order valence-electron chi connectivity index (χ4n) is 1.23. The van der Waals surface area contributed by atoms with Crippen LogP contribution in [0.1, 0.15) is 45.7 Å². The first-order valence-electron chi connectivity index (χ1n) is 5.67. The van der Waals surface area contributed by atoms with Crippen molar-refractivity contribution in [2.45, 2.75) is 40.0 Å². The van der Waals surface area contributed by atoms with Gasteiger partial charge in [0, 0.05) is 18.8 Å². The predicted octanol–water partition coefficient (Wildman–Crippen LogP) is 2.93. The van der Waals surface area contributed by atoms with Gasteiger partial charge in [0.25, 0.3) is 0 Å². The third kappa shape index (κ3) is 3.96. The van der Waals surface area contributed by atoms with Gasteiger partial charge < -0.3 is 0 Å². The quantitative estimate of drug-likeness (QED) is 0.833. The Balaban J connectivity index is 0.000000160. The Labute approximate surface area is 96.9 Å². The van der Waals surface area contributed by atoms with E-state index in [0.29, 0.717) is 11.8 Å². The van der Waals surface area contributed by atoms with E-state index in [2.05, 4.69) is 48.1 Å². The minimum Gasteiger partial charge on any atom is -0.269 e. The monoisotopic (exact) mass is 220 g/mol. The maximum atomic E-state index is 4.00. The average molecular weight is 220 g/mol. The molecule has 2 rings (SSSR count). The molecule has 0 aliphatic carbocycles. The van der Waals surface area contributed by atoms with E-state index in [1.807, 2.05) is 12.4 Å². The third-order valence-electron chi connectivity index (χ3n) is 2.44. The molecule has 0 aromatic carbocycles. The Morgan fingerprint density at radius 1 is 1.19 bits per heavy atom. The molecule has 1 aliphatic rings. The minimum atomic E-state index is 0.480. The van der Waals surface area contributed by atoms with Crippen molar-refractivity contribution in [2.24, 2.45) is 10.9 Å². The van der Waals surface area contributed by atoms with E-state index in [9.17, 15) is 0 Å². The van der Waals surface area contributed by atoms with E-state index in [-0.39, 0.29) is 0 Å². The zero-order valence-corrected chi connectivity index (χ0v) is 10.4. The number of nitrogens with zero attached hydrogens (tertiary/aromatic N) is 3. The second-order valence-corrected chi connectivity index (χ2v) is 4.44. The van der Waals surface area contributed by atoms with Gasteiger partial charge in [0.15, 0.2) is 0 Å². The van der Waals surface area contributed by atoms with E-state index in [1.165, 1.54) is 5.57 Å². The lowest BCUT2D eigenvalue weighted by atomic mass is 10.0. The highest BCUT2D eigenvalue weighted by molar-refractivity contribution is 5.65. The van der Waals surface area contributed by atoms with Gasteiger partial charge in [0.2, 0.25) is 0 Å². The summed E-state index contributed by atoms with van der Waals surface area (Å²) < 4.78 is 0. The lowest BCUT2D eigenvalue weighted by molar-refractivity contribution is 0.759. The molecule has 4 nitrogen and oxygen atoms in total. The molecule has 16 heavy (non-hydrogen) atoms. The molecule has 88 valence electrons. The lowest BCUT2D eigenvalue weighted by Gasteiger charge is -2.01. The number of aliphatic imine (C=N–C) groups is 1. The Morgan fingerprint density at radius 3 is 2.19 bits per heavy atom. The van der Waals surface area contributed by atoms with Crippen LogP contribution >= 0.6 is 0 Å². The Kier molecular flexibility index (Phi) is 4.89. The molecule has 0 saturated heterocycles. The zero-order valence-electron chi connectivity index (χ0n) is 10.4. The number of H-pyrrole nitrogens is 1. The molecule has 4 heteroatoms. The molecule has 0 amide bonds. The maximum absolute atomic E-state index is 4.00. The summed E-state index contributed by atoms with van der Waals surface area (Å²) in [5, 5.41) is 10.1. The van der Waals surface area contributed by atoms with Crippen molar-refractivity contribution in [3.63, 3.8) is 0 Å². The molecule has 1 aromatic heterocycles. The normalized spacial score (nSPS) is 14.0. The first-order valence-corrected chi connectivity index (χ1v) is 5.67. The summed E-state index contributed by atoms with van der Waals surface area (Å²) in [6.07, 6.45) is 6.72. The van der Waals surface area contributed by atoms with Crippen molar-refractivity contribution in [3.8, 4) is 0 Å². The number of hydrogen-bond donors (Lipinski definition) is 1. The maximum Gasteiger partial charge on any atom is 0.0850 e. The van der Waals surface area contributed by atoms with Crippen LogP contribution in [0.4, 0.5) is 0 Å². The third-order valence-corrected chi connectivity index (χ3v) is 2.44. The molecular weight excluding hydrogens is 200 g/mol. The van der Waals surface area contributed by atoms with Gasteiger partial charge in [-0.25, -0.2) is 0 Å². The van der Waals surface area contributed by atoms with E-state index >= 15 is 0 Å². The van der Waals surface area contributed by atoms with Crippen LogP contribution in [0, 0.1) is 5.92 Å². The molecule has 0 fully saturated rings. The standard InChI is InChI=1S/C7H11N.C5H9N3/c1-6(2)7-3-4-8-5-7;1-4(2)5-3-6-8-7-5/h4-6H,3H2,1-2H3;3-4H,1-2H3,(H,6,7,8). The number of hydrogen-bond acceptors (Lipinski definition) is 3. The van der Waals surface area contributed by atoms with Crippen molar-refractivity contribution in [1.29, 1.82) is 0 Å². The van der Waals surface area contributed by atoms with E-state index < -0.39 is 0 Å². The van der Waals surface area contributed by atoms with Crippen LogP contribution in [0.5, 0.6) is 0 Å². The van der Waals surface area contributed by atoms with Crippen molar-refractivity contribution in [3.05, 3.63) is 23.7 Å². The summed E-state index contributed by atoms with van der Waals surface area (Å²) in [5.41, 5.74) is 2.47. The first-order chi connectivity index (χ1) is 7.61. The van der Waals surface area contributed by atoms with Crippen molar-refractivity contribution < 1.29 is 0 Å². The van der Waals surface area contributed by atoms with Crippen LogP contribution in [0.15, 0.2) is 23.0 Å². The average Bonchev–Trinajstić information content (AvgIpc) is 2.93. The second kappa shape index (κ2) is 6.20. The summed E-state index contributed by atoms with van der Waals surface area (Å²) in [6.45, 7) is 8.55. The zero-order chi connectivity index (χ0) is 12.0. The van der Waals surface area contributed by atoms with E-state index in [0.717, 1.165) is 12.1 Å². The molecule has 0 saturated carbocycles. The van der Waals surface area contributed by atoms with Gasteiger partial charge in [-0.3, -0.25) is 4.99 Å². The highest BCUT2D eigenvalue weighted by Crippen LogP contribution is 2.15. The van der Waals surface area contributed by atoms with Gasteiger partial charge >= 0.3 is 0 Å². The molecule has 1 N–H and O–H groups in total. The van der Waals surface area contributed by atoms with Crippen LogP contribution in [0.2, 0.25) is 0 Å². The highest BCUT2D eigenvalue weighted by atomic mass is 15.3.